The Bertz CT molecular complexity index is 448. The number of benzene rings is 1. The molecule has 0 saturated heterocycles. The minimum atomic E-state index is -0.208. The molecule has 0 unspecified atom stereocenters. The molecule has 22 heavy (non-hydrogen) atoms. The van der Waals surface area contributed by atoms with Gasteiger partial charge in [-0.3, -0.25) is 4.79 Å². The molecule has 3 heteroatoms. The van der Waals surface area contributed by atoms with E-state index in [0.29, 0.717) is 19.3 Å². The van der Waals surface area contributed by atoms with E-state index in [1.807, 2.05) is 12.1 Å². The molecule has 1 aromatic rings. The second-order valence-corrected chi connectivity index (χ2v) is 5.73. The van der Waals surface area contributed by atoms with Crippen LogP contribution in [0, 0.1) is 5.92 Å². The van der Waals surface area contributed by atoms with Crippen LogP contribution in [0.5, 0.6) is 5.75 Å². The van der Waals surface area contributed by atoms with Crippen molar-refractivity contribution >= 4 is 5.97 Å². The van der Waals surface area contributed by atoms with Gasteiger partial charge < -0.3 is 9.84 Å². The van der Waals surface area contributed by atoms with Crippen LogP contribution in [0.1, 0.15) is 50.5 Å². The topological polar surface area (TPSA) is 46.5 Å². The monoisotopic (exact) mass is 304 g/mol. The minimum absolute atomic E-state index is 0.208. The van der Waals surface area contributed by atoms with Crippen molar-refractivity contribution in [1.82, 2.24) is 0 Å². The van der Waals surface area contributed by atoms with E-state index in [0.717, 1.165) is 11.5 Å². The molecule has 3 nitrogen and oxygen atoms in total. The lowest BCUT2D eigenvalue weighted by molar-refractivity contribution is -0.140. The van der Waals surface area contributed by atoms with Gasteiger partial charge in [0.2, 0.25) is 0 Å². The van der Waals surface area contributed by atoms with Gasteiger partial charge in [0.15, 0.2) is 0 Å². The summed E-state index contributed by atoms with van der Waals surface area (Å²) in [5.74, 6) is 1.07. The van der Waals surface area contributed by atoms with Crippen molar-refractivity contribution in [1.29, 1.82) is 0 Å². The van der Waals surface area contributed by atoms with Crippen LogP contribution in [0.3, 0.4) is 0 Å². The van der Waals surface area contributed by atoms with Crippen molar-refractivity contribution in [2.75, 3.05) is 7.11 Å². The number of hydrogen-bond acceptors (Lipinski definition) is 3. The van der Waals surface area contributed by atoms with Crippen molar-refractivity contribution in [3.63, 3.8) is 0 Å². The third kappa shape index (κ3) is 7.30. The fraction of sp³-hybridized carbons (Fsp3) is 0.526. The molecule has 1 aromatic carbocycles. The zero-order valence-electron chi connectivity index (χ0n) is 13.6. The molecular formula is C19H28O3. The fourth-order valence-electron chi connectivity index (χ4n) is 2.73. The van der Waals surface area contributed by atoms with Crippen LogP contribution >= 0.6 is 0 Å². The first-order valence-electron chi connectivity index (χ1n) is 8.12. The number of hydrogen-bond donors (Lipinski definition) is 1. The molecule has 1 aliphatic carbocycles. The highest BCUT2D eigenvalue weighted by molar-refractivity contribution is 5.69. The third-order valence-corrected chi connectivity index (χ3v) is 4.02. The molecule has 1 aliphatic rings. The van der Waals surface area contributed by atoms with Crippen molar-refractivity contribution in [2.24, 2.45) is 5.92 Å². The lowest BCUT2D eigenvalue weighted by Gasteiger charge is -2.02. The highest BCUT2D eigenvalue weighted by atomic mass is 16.5. The van der Waals surface area contributed by atoms with E-state index in [-0.39, 0.29) is 11.7 Å². The van der Waals surface area contributed by atoms with Gasteiger partial charge in [0.1, 0.15) is 5.75 Å². The first-order valence-corrected chi connectivity index (χ1v) is 8.12. The predicted octanol–water partition coefficient (Wildman–Crippen LogP) is 4.64. The van der Waals surface area contributed by atoms with E-state index in [1.165, 1.54) is 39.2 Å². The van der Waals surface area contributed by atoms with Crippen LogP contribution < -0.4 is 0 Å². The summed E-state index contributed by atoms with van der Waals surface area (Å²) < 4.78 is 4.52. The van der Waals surface area contributed by atoms with Crippen LogP contribution in [-0.2, 0) is 16.0 Å². The zero-order chi connectivity index (χ0) is 16.2. The lowest BCUT2D eigenvalue weighted by atomic mass is 10.1. The van der Waals surface area contributed by atoms with E-state index in [9.17, 15) is 9.90 Å². The van der Waals surface area contributed by atoms with Crippen molar-refractivity contribution in [3.8, 4) is 5.75 Å². The molecule has 0 radical (unpaired) electrons. The fourth-order valence-corrected chi connectivity index (χ4v) is 2.73. The summed E-state index contributed by atoms with van der Waals surface area (Å²) in [4.78, 5) is 10.8. The molecule has 0 aliphatic heterocycles. The van der Waals surface area contributed by atoms with E-state index >= 15 is 0 Å². The molecule has 0 atom stereocenters. The Hall–Kier alpha value is -1.77. The average Bonchev–Trinajstić information content (AvgIpc) is 3.03. The summed E-state index contributed by atoms with van der Waals surface area (Å²) >= 11 is 0. The lowest BCUT2D eigenvalue weighted by Crippen LogP contribution is -2.00. The molecule has 0 heterocycles. The van der Waals surface area contributed by atoms with Crippen molar-refractivity contribution in [2.45, 2.75) is 51.4 Å². The highest BCUT2D eigenvalue weighted by Gasteiger charge is 2.11. The summed E-state index contributed by atoms with van der Waals surface area (Å²) in [5.41, 5.74) is 0.872. The number of aryl methyl sites for hydroxylation is 1. The molecule has 122 valence electrons. The molecular weight excluding hydrogens is 276 g/mol. The van der Waals surface area contributed by atoms with Crippen molar-refractivity contribution in [3.05, 3.63) is 42.5 Å². The van der Waals surface area contributed by atoms with Gasteiger partial charge in [0, 0.05) is 6.42 Å². The summed E-state index contributed by atoms with van der Waals surface area (Å²) in [6.07, 6.45) is 10.9. The van der Waals surface area contributed by atoms with Crippen LogP contribution in [0.15, 0.2) is 36.9 Å². The Kier molecular flexibility index (Phi) is 9.04. The molecule has 1 N–H and O–H groups in total. The molecule has 2 rings (SSSR count). The van der Waals surface area contributed by atoms with E-state index in [1.54, 1.807) is 12.1 Å². The SMILES string of the molecule is C=CCC1CCCC1.COC(=O)CCCc1ccccc1O. The second kappa shape index (κ2) is 10.9. The summed E-state index contributed by atoms with van der Waals surface area (Å²) in [6.45, 7) is 3.72. The Morgan fingerprint density at radius 3 is 2.64 bits per heavy atom. The molecule has 1 fully saturated rings. The Morgan fingerprint density at radius 2 is 2.05 bits per heavy atom. The quantitative estimate of drug-likeness (QED) is 0.615. The largest absolute Gasteiger partial charge is 0.508 e. The van der Waals surface area contributed by atoms with Crippen LogP contribution in [0.4, 0.5) is 0 Å². The average molecular weight is 304 g/mol. The maximum absolute atomic E-state index is 10.8. The van der Waals surface area contributed by atoms with Gasteiger partial charge in [-0.25, -0.2) is 0 Å². The standard InChI is InChI=1S/C11H14O3.C8H14/c1-14-11(13)8-4-6-9-5-2-3-7-10(9)12;1-2-5-8-6-3-4-7-8/h2-3,5,7,12H,4,6,8H2,1H3;2,8H,1,3-7H2. The number of carbonyl (C=O) groups is 1. The second-order valence-electron chi connectivity index (χ2n) is 5.73. The number of aromatic hydroxyl groups is 1. The number of phenols is 1. The highest BCUT2D eigenvalue weighted by Crippen LogP contribution is 2.27. The van der Waals surface area contributed by atoms with E-state index in [4.69, 9.17) is 0 Å². The van der Waals surface area contributed by atoms with Gasteiger partial charge in [0.05, 0.1) is 7.11 Å². The number of carbonyl (C=O) groups excluding carboxylic acids is 1. The molecule has 0 aromatic heterocycles. The predicted molar refractivity (Wildman–Crippen MR) is 89.8 cm³/mol. The normalized spacial score (nSPS) is 14.0. The number of allylic oxidation sites excluding steroid dienone is 1. The van der Waals surface area contributed by atoms with Gasteiger partial charge >= 0.3 is 5.97 Å². The van der Waals surface area contributed by atoms with Crippen LogP contribution in [0.25, 0.3) is 0 Å². The molecule has 0 bridgehead atoms. The van der Waals surface area contributed by atoms with E-state index < -0.39 is 0 Å². The number of para-hydroxylation sites is 1. The smallest absolute Gasteiger partial charge is 0.305 e. The summed E-state index contributed by atoms with van der Waals surface area (Å²) in [5, 5.41) is 9.42. The number of esters is 1. The first-order chi connectivity index (χ1) is 10.7. The molecule has 0 amide bonds. The Balaban J connectivity index is 0.000000255. The summed E-state index contributed by atoms with van der Waals surface area (Å²) in [6, 6.07) is 7.15. The number of methoxy groups -OCH3 is 1. The third-order valence-electron chi connectivity index (χ3n) is 4.02. The maximum Gasteiger partial charge on any atom is 0.305 e. The first kappa shape index (κ1) is 18.3. The number of rotatable bonds is 6. The maximum atomic E-state index is 10.8. The van der Waals surface area contributed by atoms with Gasteiger partial charge in [-0.15, -0.1) is 6.58 Å². The van der Waals surface area contributed by atoms with Crippen LogP contribution in [0.2, 0.25) is 0 Å². The van der Waals surface area contributed by atoms with Gasteiger partial charge in [0.25, 0.3) is 0 Å². The number of phenolic OH excluding ortho intramolecular Hbond substituents is 1. The van der Waals surface area contributed by atoms with Gasteiger partial charge in [-0.05, 0) is 36.8 Å². The van der Waals surface area contributed by atoms with E-state index in [2.05, 4.69) is 17.4 Å². The number of ether oxygens (including phenoxy) is 1. The Labute approximate surface area is 134 Å². The zero-order valence-corrected chi connectivity index (χ0v) is 13.6. The van der Waals surface area contributed by atoms with Gasteiger partial charge in [-0.1, -0.05) is 50.0 Å². The van der Waals surface area contributed by atoms with Crippen LogP contribution in [-0.4, -0.2) is 18.2 Å². The van der Waals surface area contributed by atoms with Gasteiger partial charge in [-0.2, -0.15) is 0 Å². The summed E-state index contributed by atoms with van der Waals surface area (Å²) in [7, 11) is 1.38. The molecule has 1 saturated carbocycles. The molecule has 0 spiro atoms. The Morgan fingerprint density at radius 1 is 1.36 bits per heavy atom. The van der Waals surface area contributed by atoms with Crippen molar-refractivity contribution < 1.29 is 14.6 Å². The minimum Gasteiger partial charge on any atom is -0.508 e.